The fourth-order valence-corrected chi connectivity index (χ4v) is 1.76. The van der Waals surface area contributed by atoms with Crippen LogP contribution in [0.25, 0.3) is 0 Å². The van der Waals surface area contributed by atoms with Crippen molar-refractivity contribution in [2.75, 3.05) is 7.11 Å². The van der Waals surface area contributed by atoms with E-state index >= 15 is 0 Å². The Morgan fingerprint density at radius 1 is 1.47 bits per heavy atom. The minimum absolute atomic E-state index is 0.00285. The molecule has 1 aromatic carbocycles. The molecule has 0 bridgehead atoms. The van der Waals surface area contributed by atoms with E-state index in [-0.39, 0.29) is 23.0 Å². The van der Waals surface area contributed by atoms with E-state index in [4.69, 9.17) is 4.74 Å². The number of carbonyl (C=O) groups excluding carboxylic acids is 1. The van der Waals surface area contributed by atoms with Crippen LogP contribution in [-0.2, 0) is 0 Å². The van der Waals surface area contributed by atoms with E-state index in [0.29, 0.717) is 4.47 Å². The average molecular weight is 275 g/mol. The third-order valence-corrected chi connectivity index (χ3v) is 2.69. The topological polar surface area (TPSA) is 26.3 Å². The van der Waals surface area contributed by atoms with Gasteiger partial charge in [-0.1, -0.05) is 13.8 Å². The quantitative estimate of drug-likeness (QED) is 0.790. The van der Waals surface area contributed by atoms with Crippen LogP contribution in [0.1, 0.15) is 24.2 Å². The second-order valence-corrected chi connectivity index (χ2v) is 4.31. The lowest BCUT2D eigenvalue weighted by Crippen LogP contribution is -2.11. The Hall–Kier alpha value is -0.900. The van der Waals surface area contributed by atoms with Crippen molar-refractivity contribution in [1.82, 2.24) is 0 Å². The van der Waals surface area contributed by atoms with Crippen molar-refractivity contribution >= 4 is 21.7 Å². The molecule has 0 fully saturated rings. The number of carbonyl (C=O) groups is 1. The highest BCUT2D eigenvalue weighted by Gasteiger charge is 2.21. The van der Waals surface area contributed by atoms with Gasteiger partial charge in [0.25, 0.3) is 0 Å². The largest absolute Gasteiger partial charge is 0.493 e. The lowest BCUT2D eigenvalue weighted by Gasteiger charge is -2.12. The van der Waals surface area contributed by atoms with E-state index in [1.165, 1.54) is 19.2 Å². The van der Waals surface area contributed by atoms with Gasteiger partial charge < -0.3 is 4.74 Å². The van der Waals surface area contributed by atoms with Crippen molar-refractivity contribution in [1.29, 1.82) is 0 Å². The molecule has 82 valence electrons. The van der Waals surface area contributed by atoms with Crippen molar-refractivity contribution in [2.45, 2.75) is 13.8 Å². The van der Waals surface area contributed by atoms with E-state index < -0.39 is 5.82 Å². The van der Waals surface area contributed by atoms with Crippen LogP contribution in [0.2, 0.25) is 0 Å². The number of methoxy groups -OCH3 is 1. The van der Waals surface area contributed by atoms with Crippen LogP contribution in [0.4, 0.5) is 4.39 Å². The van der Waals surface area contributed by atoms with Crippen molar-refractivity contribution in [3.05, 3.63) is 28.0 Å². The van der Waals surface area contributed by atoms with Crippen LogP contribution in [0, 0.1) is 11.7 Å². The molecule has 1 rings (SSSR count). The molecule has 0 amide bonds. The molecule has 0 atom stereocenters. The van der Waals surface area contributed by atoms with Gasteiger partial charge in [-0.15, -0.1) is 0 Å². The highest BCUT2D eigenvalue weighted by molar-refractivity contribution is 9.10. The lowest BCUT2D eigenvalue weighted by molar-refractivity contribution is 0.0934. The minimum atomic E-state index is -0.523. The fraction of sp³-hybridized carbons (Fsp3) is 0.364. The maximum Gasteiger partial charge on any atom is 0.170 e. The third kappa shape index (κ3) is 2.37. The zero-order chi connectivity index (χ0) is 11.6. The summed E-state index contributed by atoms with van der Waals surface area (Å²) in [5, 5.41) is 0. The van der Waals surface area contributed by atoms with E-state index in [1.807, 2.05) is 0 Å². The summed E-state index contributed by atoms with van der Waals surface area (Å²) in [6.07, 6.45) is 0. The maximum atomic E-state index is 13.4. The Morgan fingerprint density at radius 2 is 2.07 bits per heavy atom. The molecule has 0 spiro atoms. The molecule has 1 aromatic rings. The predicted octanol–water partition coefficient (Wildman–Crippen LogP) is 3.44. The van der Waals surface area contributed by atoms with Crippen LogP contribution in [0.3, 0.4) is 0 Å². The summed E-state index contributed by atoms with van der Waals surface area (Å²) in [6.45, 7) is 3.53. The van der Waals surface area contributed by atoms with Gasteiger partial charge >= 0.3 is 0 Å². The number of rotatable bonds is 3. The minimum Gasteiger partial charge on any atom is -0.493 e. The molecule has 0 radical (unpaired) electrons. The Morgan fingerprint density at radius 3 is 2.53 bits per heavy atom. The second kappa shape index (κ2) is 4.75. The number of ether oxygens (including phenoxy) is 1. The number of halogens is 2. The van der Waals surface area contributed by atoms with Gasteiger partial charge in [0.2, 0.25) is 0 Å². The zero-order valence-electron chi connectivity index (χ0n) is 8.80. The molecule has 0 heterocycles. The van der Waals surface area contributed by atoms with Gasteiger partial charge in [0.05, 0.1) is 12.7 Å². The normalized spacial score (nSPS) is 10.5. The summed E-state index contributed by atoms with van der Waals surface area (Å²) in [5.41, 5.74) is 0.271. The Labute approximate surface area is 96.6 Å². The van der Waals surface area contributed by atoms with Gasteiger partial charge in [-0.2, -0.15) is 0 Å². The van der Waals surface area contributed by atoms with Crippen molar-refractivity contribution in [3.63, 3.8) is 0 Å². The second-order valence-electron chi connectivity index (χ2n) is 3.46. The monoisotopic (exact) mass is 274 g/mol. The van der Waals surface area contributed by atoms with E-state index in [9.17, 15) is 9.18 Å². The first-order valence-corrected chi connectivity index (χ1v) is 5.34. The molecular formula is C11H12BrFO2. The summed E-state index contributed by atoms with van der Waals surface area (Å²) in [5.74, 6) is -0.858. The highest BCUT2D eigenvalue weighted by Crippen LogP contribution is 2.31. The van der Waals surface area contributed by atoms with Gasteiger partial charge in [0.1, 0.15) is 0 Å². The van der Waals surface area contributed by atoms with Crippen molar-refractivity contribution in [3.8, 4) is 5.75 Å². The molecule has 0 unspecified atom stereocenters. The first-order valence-electron chi connectivity index (χ1n) is 4.55. The molecule has 4 heteroatoms. The summed E-state index contributed by atoms with van der Waals surface area (Å²) in [6, 6.07) is 2.77. The van der Waals surface area contributed by atoms with Gasteiger partial charge in [0, 0.05) is 10.4 Å². The highest BCUT2D eigenvalue weighted by atomic mass is 79.9. The van der Waals surface area contributed by atoms with Gasteiger partial charge in [-0.3, -0.25) is 4.79 Å². The van der Waals surface area contributed by atoms with Crippen LogP contribution in [0.5, 0.6) is 5.75 Å². The molecule has 0 aliphatic rings. The van der Waals surface area contributed by atoms with E-state index in [0.717, 1.165) is 0 Å². The zero-order valence-corrected chi connectivity index (χ0v) is 10.4. The third-order valence-electron chi connectivity index (χ3n) is 2.03. The van der Waals surface area contributed by atoms with Crippen LogP contribution in [-0.4, -0.2) is 12.9 Å². The van der Waals surface area contributed by atoms with Crippen LogP contribution < -0.4 is 4.74 Å². The fourth-order valence-electron chi connectivity index (χ4n) is 1.25. The summed E-state index contributed by atoms with van der Waals surface area (Å²) >= 11 is 3.22. The lowest BCUT2D eigenvalue weighted by atomic mass is 10.00. The molecule has 0 N–H and O–H groups in total. The van der Waals surface area contributed by atoms with Crippen molar-refractivity contribution < 1.29 is 13.9 Å². The van der Waals surface area contributed by atoms with E-state index in [2.05, 4.69) is 15.9 Å². The smallest absolute Gasteiger partial charge is 0.170 e. The van der Waals surface area contributed by atoms with E-state index in [1.54, 1.807) is 13.8 Å². The molecule has 2 nitrogen and oxygen atoms in total. The standard InChI is InChI=1S/C11H12BrFO2/c1-6(2)10(14)9-7(12)4-5-8(13)11(9)15-3/h4-6H,1-3H3. The Bertz CT molecular complexity index is 388. The summed E-state index contributed by atoms with van der Waals surface area (Å²) < 4.78 is 18.8. The maximum absolute atomic E-state index is 13.4. The van der Waals surface area contributed by atoms with Crippen molar-refractivity contribution in [2.24, 2.45) is 5.92 Å². The predicted molar refractivity (Wildman–Crippen MR) is 59.8 cm³/mol. The number of ketones is 1. The first-order chi connectivity index (χ1) is 6.99. The molecule has 0 saturated carbocycles. The number of hydrogen-bond acceptors (Lipinski definition) is 2. The molecule has 0 aromatic heterocycles. The first kappa shape index (κ1) is 12.2. The molecule has 0 aliphatic carbocycles. The molecular weight excluding hydrogens is 263 g/mol. The molecule has 15 heavy (non-hydrogen) atoms. The average Bonchev–Trinajstić information content (AvgIpc) is 2.19. The van der Waals surface area contributed by atoms with Gasteiger partial charge in [0.15, 0.2) is 17.3 Å². The SMILES string of the molecule is COc1c(F)ccc(Br)c1C(=O)C(C)C. The Kier molecular flexibility index (Phi) is 3.85. The summed E-state index contributed by atoms with van der Waals surface area (Å²) in [4.78, 5) is 11.8. The Balaban J connectivity index is 3.37. The van der Waals surface area contributed by atoms with Crippen LogP contribution >= 0.6 is 15.9 Å². The van der Waals surface area contributed by atoms with Gasteiger partial charge in [-0.05, 0) is 28.1 Å². The number of Topliss-reactive ketones (excluding diaryl/α,β-unsaturated/α-hetero) is 1. The molecule has 0 saturated heterocycles. The van der Waals surface area contributed by atoms with Gasteiger partial charge in [-0.25, -0.2) is 4.39 Å². The number of hydrogen-bond donors (Lipinski definition) is 0. The molecule has 0 aliphatic heterocycles. The number of benzene rings is 1. The van der Waals surface area contributed by atoms with Crippen LogP contribution in [0.15, 0.2) is 16.6 Å². The summed E-state index contributed by atoms with van der Waals surface area (Å²) in [7, 11) is 1.35.